The molecule has 0 aliphatic rings. The largest absolute Gasteiger partial charge is 0.358 e. The first-order valence-electron chi connectivity index (χ1n) is 8.74. The molecule has 3 N–H and O–H groups in total. The van der Waals surface area contributed by atoms with Crippen LogP contribution in [-0.4, -0.2) is 24.5 Å². The van der Waals surface area contributed by atoms with E-state index in [1.54, 1.807) is 0 Å². The van der Waals surface area contributed by atoms with Crippen molar-refractivity contribution in [2.75, 3.05) is 13.6 Å². The number of fused-ring (bicyclic) bond motifs is 1. The van der Waals surface area contributed by atoms with E-state index in [0.717, 1.165) is 25.5 Å². The lowest BCUT2D eigenvalue weighted by Crippen LogP contribution is -2.38. The van der Waals surface area contributed by atoms with Gasteiger partial charge in [-0.05, 0) is 43.0 Å². The molecule has 0 aliphatic heterocycles. The maximum atomic E-state index is 4.32. The van der Waals surface area contributed by atoms with Crippen molar-refractivity contribution >= 4 is 16.9 Å². The number of aryl methyl sites for hydroxylation is 2. The lowest BCUT2D eigenvalue weighted by atomic mass is 10.1. The van der Waals surface area contributed by atoms with Gasteiger partial charge >= 0.3 is 0 Å². The first-order valence-corrected chi connectivity index (χ1v) is 8.74. The van der Waals surface area contributed by atoms with Gasteiger partial charge in [0.05, 0.1) is 0 Å². The van der Waals surface area contributed by atoms with Crippen LogP contribution in [0.1, 0.15) is 22.4 Å². The molecule has 2 aromatic carbocycles. The van der Waals surface area contributed by atoms with E-state index in [0.29, 0.717) is 0 Å². The summed E-state index contributed by atoms with van der Waals surface area (Å²) in [6.45, 7) is 5.89. The summed E-state index contributed by atoms with van der Waals surface area (Å²) in [5.74, 6) is 0.834. The third-order valence-electron chi connectivity index (χ3n) is 4.63. The Bertz CT molecular complexity index is 876. The zero-order chi connectivity index (χ0) is 17.6. The van der Waals surface area contributed by atoms with Crippen LogP contribution in [0.3, 0.4) is 0 Å². The van der Waals surface area contributed by atoms with Crippen LogP contribution in [0.5, 0.6) is 0 Å². The summed E-state index contributed by atoms with van der Waals surface area (Å²) in [6, 6.07) is 16.9. The Morgan fingerprint density at radius 3 is 2.56 bits per heavy atom. The van der Waals surface area contributed by atoms with Crippen LogP contribution in [0.25, 0.3) is 10.9 Å². The summed E-state index contributed by atoms with van der Waals surface area (Å²) < 4.78 is 0. The van der Waals surface area contributed by atoms with Crippen LogP contribution in [0.4, 0.5) is 0 Å². The molecule has 4 nitrogen and oxygen atoms in total. The first-order chi connectivity index (χ1) is 12.2. The highest BCUT2D eigenvalue weighted by Crippen LogP contribution is 2.21. The molecular formula is C21H26N4. The second kappa shape index (κ2) is 7.88. The molecular weight excluding hydrogens is 308 g/mol. The van der Waals surface area contributed by atoms with Crippen LogP contribution < -0.4 is 10.6 Å². The highest BCUT2D eigenvalue weighted by molar-refractivity contribution is 5.84. The van der Waals surface area contributed by atoms with Crippen molar-refractivity contribution in [1.29, 1.82) is 0 Å². The Hall–Kier alpha value is -2.75. The van der Waals surface area contributed by atoms with Crippen molar-refractivity contribution in [1.82, 2.24) is 15.6 Å². The van der Waals surface area contributed by atoms with E-state index in [4.69, 9.17) is 0 Å². The van der Waals surface area contributed by atoms with Crippen molar-refractivity contribution in [3.63, 3.8) is 0 Å². The monoisotopic (exact) mass is 334 g/mol. The molecule has 0 saturated carbocycles. The van der Waals surface area contributed by atoms with E-state index in [1.165, 1.54) is 33.3 Å². The first kappa shape index (κ1) is 17.1. The van der Waals surface area contributed by atoms with Gasteiger partial charge < -0.3 is 15.6 Å². The smallest absolute Gasteiger partial charge is 0.191 e. The predicted octanol–water partition coefficient (Wildman–Crippen LogP) is 3.69. The van der Waals surface area contributed by atoms with Crippen LogP contribution in [-0.2, 0) is 13.0 Å². The highest BCUT2D eigenvalue weighted by Gasteiger charge is 2.08. The van der Waals surface area contributed by atoms with Gasteiger partial charge in [-0.2, -0.15) is 0 Å². The number of nitrogens with zero attached hydrogens (tertiary/aromatic N) is 1. The molecule has 1 heterocycles. The summed E-state index contributed by atoms with van der Waals surface area (Å²) in [5.41, 5.74) is 6.40. The van der Waals surface area contributed by atoms with Crippen molar-refractivity contribution in [2.45, 2.75) is 26.8 Å². The summed E-state index contributed by atoms with van der Waals surface area (Å²) >= 11 is 0. The van der Waals surface area contributed by atoms with E-state index in [2.05, 4.69) is 83.0 Å². The van der Waals surface area contributed by atoms with Gasteiger partial charge in [-0.15, -0.1) is 0 Å². The Balaban J connectivity index is 1.56. The molecule has 0 unspecified atom stereocenters. The summed E-state index contributed by atoms with van der Waals surface area (Å²) in [6.07, 6.45) is 0.959. The number of aromatic amines is 1. The maximum absolute atomic E-state index is 4.32. The number of guanidine groups is 1. The quantitative estimate of drug-likeness (QED) is 0.492. The van der Waals surface area contributed by atoms with Crippen molar-refractivity contribution < 1.29 is 0 Å². The highest BCUT2D eigenvalue weighted by atomic mass is 15.2. The lowest BCUT2D eigenvalue weighted by Gasteiger charge is -2.13. The fourth-order valence-corrected chi connectivity index (χ4v) is 3.17. The van der Waals surface area contributed by atoms with Crippen molar-refractivity contribution in [2.24, 2.45) is 4.99 Å². The van der Waals surface area contributed by atoms with Crippen molar-refractivity contribution in [3.05, 3.63) is 70.9 Å². The van der Waals surface area contributed by atoms with E-state index in [1.807, 2.05) is 7.05 Å². The average Bonchev–Trinajstić information content (AvgIpc) is 2.94. The van der Waals surface area contributed by atoms with Crippen LogP contribution in [0, 0.1) is 13.8 Å². The van der Waals surface area contributed by atoms with Crippen molar-refractivity contribution in [3.8, 4) is 0 Å². The Labute approximate surface area is 149 Å². The van der Waals surface area contributed by atoms with E-state index in [-0.39, 0.29) is 0 Å². The molecule has 130 valence electrons. The molecule has 0 saturated heterocycles. The molecule has 0 aliphatic carbocycles. The molecule has 3 aromatic rings. The number of nitrogens with one attached hydrogen (secondary N) is 3. The average molecular weight is 334 g/mol. The predicted molar refractivity (Wildman–Crippen MR) is 106 cm³/mol. The summed E-state index contributed by atoms with van der Waals surface area (Å²) in [7, 11) is 1.81. The van der Waals surface area contributed by atoms with E-state index in [9.17, 15) is 0 Å². The molecule has 0 radical (unpaired) electrons. The number of rotatable bonds is 5. The zero-order valence-electron chi connectivity index (χ0n) is 15.2. The normalized spacial score (nSPS) is 11.7. The molecule has 25 heavy (non-hydrogen) atoms. The van der Waals surface area contributed by atoms with Gasteiger partial charge in [0.25, 0.3) is 0 Å². The number of H-pyrrole nitrogens is 1. The Morgan fingerprint density at radius 2 is 1.76 bits per heavy atom. The Kier molecular flexibility index (Phi) is 5.39. The third kappa shape index (κ3) is 4.02. The van der Waals surface area contributed by atoms with Gasteiger partial charge in [0.1, 0.15) is 0 Å². The van der Waals surface area contributed by atoms with E-state index < -0.39 is 0 Å². The van der Waals surface area contributed by atoms with E-state index >= 15 is 0 Å². The number of benzene rings is 2. The molecule has 0 amide bonds. The van der Waals surface area contributed by atoms with Gasteiger partial charge in [0, 0.05) is 36.7 Å². The van der Waals surface area contributed by atoms with Crippen LogP contribution in [0.2, 0.25) is 0 Å². The van der Waals surface area contributed by atoms with Crippen LogP contribution in [0.15, 0.2) is 53.5 Å². The van der Waals surface area contributed by atoms with Gasteiger partial charge in [0.2, 0.25) is 0 Å². The molecule has 0 bridgehead atoms. The third-order valence-corrected chi connectivity index (χ3v) is 4.63. The number of hydrogen-bond donors (Lipinski definition) is 3. The second-order valence-electron chi connectivity index (χ2n) is 6.30. The zero-order valence-corrected chi connectivity index (χ0v) is 15.2. The minimum atomic E-state index is 0.776. The minimum Gasteiger partial charge on any atom is -0.358 e. The maximum Gasteiger partial charge on any atom is 0.191 e. The number of aromatic nitrogens is 1. The molecule has 3 rings (SSSR count). The molecule has 0 spiro atoms. The van der Waals surface area contributed by atoms with Gasteiger partial charge in [-0.3, -0.25) is 4.99 Å². The topological polar surface area (TPSA) is 52.2 Å². The standard InChI is InChI=1S/C21H26N4/c1-15-8-4-5-9-17(15)14-24-21(22-3)23-13-12-18-16(2)25-20-11-7-6-10-19(18)20/h4-11,25H,12-14H2,1-3H3,(H2,22,23,24). The number of hydrogen-bond acceptors (Lipinski definition) is 1. The molecule has 0 fully saturated rings. The lowest BCUT2D eigenvalue weighted by molar-refractivity contribution is 0.792. The molecule has 0 atom stereocenters. The Morgan fingerprint density at radius 1 is 1.00 bits per heavy atom. The number of para-hydroxylation sites is 1. The minimum absolute atomic E-state index is 0.776. The molecule has 4 heteroatoms. The fourth-order valence-electron chi connectivity index (χ4n) is 3.17. The van der Waals surface area contributed by atoms with Gasteiger partial charge in [0.15, 0.2) is 5.96 Å². The second-order valence-corrected chi connectivity index (χ2v) is 6.30. The summed E-state index contributed by atoms with van der Waals surface area (Å²) in [5, 5.41) is 8.11. The van der Waals surface area contributed by atoms with Gasteiger partial charge in [-0.25, -0.2) is 0 Å². The van der Waals surface area contributed by atoms with Crippen LogP contribution >= 0.6 is 0 Å². The van der Waals surface area contributed by atoms with Gasteiger partial charge in [-0.1, -0.05) is 42.5 Å². The summed E-state index contributed by atoms with van der Waals surface area (Å²) in [4.78, 5) is 7.78. The molecule has 1 aromatic heterocycles. The number of aliphatic imine (C=N–C) groups is 1. The fraction of sp³-hybridized carbons (Fsp3) is 0.286. The SMILES string of the molecule is CN=C(NCCc1c(C)[nH]c2ccccc12)NCc1ccccc1C.